The highest BCUT2D eigenvalue weighted by Gasteiger charge is 2.49. The van der Waals surface area contributed by atoms with Gasteiger partial charge in [-0.15, -0.1) is 5.92 Å². The van der Waals surface area contributed by atoms with E-state index in [0.717, 1.165) is 51.0 Å². The molecule has 1 aromatic carbocycles. The lowest BCUT2D eigenvalue weighted by Crippen LogP contribution is -2.55. The van der Waals surface area contributed by atoms with Crippen molar-refractivity contribution in [3.63, 3.8) is 0 Å². The minimum absolute atomic E-state index is 0.157. The van der Waals surface area contributed by atoms with Crippen LogP contribution >= 0.6 is 0 Å². The van der Waals surface area contributed by atoms with E-state index < -0.39 is 65.5 Å². The lowest BCUT2D eigenvalue weighted by molar-refractivity contribution is -0.192. The molecule has 1 aromatic rings. The van der Waals surface area contributed by atoms with Crippen LogP contribution in [0, 0.1) is 23.2 Å². The van der Waals surface area contributed by atoms with Crippen molar-refractivity contribution in [1.82, 2.24) is 5.32 Å². The van der Waals surface area contributed by atoms with Crippen LogP contribution in [0.15, 0.2) is 36.4 Å². The summed E-state index contributed by atoms with van der Waals surface area (Å²) in [6.45, 7) is 10.1. The van der Waals surface area contributed by atoms with E-state index in [-0.39, 0.29) is 18.8 Å². The van der Waals surface area contributed by atoms with Crippen LogP contribution in [0.5, 0.6) is 5.75 Å². The third kappa shape index (κ3) is 19.5. The first-order chi connectivity index (χ1) is 25.9. The molecule has 13 heteroatoms. The fraction of sp³-hybridized carbons (Fsp3) is 0.619. The maximum Gasteiger partial charge on any atom is 0.337 e. The van der Waals surface area contributed by atoms with Crippen molar-refractivity contribution in [2.75, 3.05) is 6.61 Å². The molecule has 4 N–H and O–H groups in total. The van der Waals surface area contributed by atoms with Gasteiger partial charge in [-0.1, -0.05) is 75.7 Å². The first-order valence-electron chi connectivity index (χ1n) is 19.1. The van der Waals surface area contributed by atoms with Crippen LogP contribution in [0.4, 0.5) is 0 Å². The van der Waals surface area contributed by atoms with Gasteiger partial charge in [0.25, 0.3) is 0 Å². The van der Waals surface area contributed by atoms with Crippen LogP contribution in [0.3, 0.4) is 0 Å². The quantitative estimate of drug-likeness (QED) is 0.0255. The molecular weight excluding hydrogens is 710 g/mol. The fourth-order valence-electron chi connectivity index (χ4n) is 5.43. The molecule has 0 fully saturated rings. The Morgan fingerprint density at radius 3 is 2.02 bits per heavy atom. The van der Waals surface area contributed by atoms with Crippen LogP contribution in [0.2, 0.25) is 0 Å². The van der Waals surface area contributed by atoms with Crippen molar-refractivity contribution in [2.24, 2.45) is 11.3 Å². The Bertz CT molecular complexity index is 1480. The molecule has 0 aliphatic heterocycles. The predicted molar refractivity (Wildman–Crippen MR) is 206 cm³/mol. The van der Waals surface area contributed by atoms with E-state index in [0.29, 0.717) is 37.0 Å². The van der Waals surface area contributed by atoms with Gasteiger partial charge >= 0.3 is 23.9 Å². The van der Waals surface area contributed by atoms with Crippen molar-refractivity contribution in [2.45, 2.75) is 149 Å². The van der Waals surface area contributed by atoms with Crippen LogP contribution in [0.1, 0.15) is 131 Å². The number of ketones is 1. The summed E-state index contributed by atoms with van der Waals surface area (Å²) in [4.78, 5) is 75.9. The number of Topliss-reactive ketones (excluding diaryl/α,β-unsaturated/α-hetero) is 1. The maximum atomic E-state index is 13.8. The summed E-state index contributed by atoms with van der Waals surface area (Å²) in [6, 6.07) is 5.02. The number of allylic oxidation sites excluding steroid dienone is 1. The standard InChI is InChI=1S/C42H61NO12/c1-7-9-11-14-17-20-32(44)21-18-15-12-13-16-19-22-34(42(52,39(49)50)29-36(45)46)37(47)43-35(38(48)54-30(3)55-40(51)41(4,5)6)28-31-23-25-33(26-24-31)53-27-10-8-2/h19,22-26,30,34-35,52H,7,9,11-18,20-21,27-29H2,1-6H3,(H,43,47)(H,45,46)(H,49,50)/b22-19+/t30?,34-,35+,42+/m1/s1. The monoisotopic (exact) mass is 771 g/mol. The zero-order chi connectivity index (χ0) is 41.4. The normalized spacial score (nSPS) is 14.0. The first kappa shape index (κ1) is 48.3. The second kappa shape index (κ2) is 25.4. The largest absolute Gasteiger partial charge is 0.481 e. The summed E-state index contributed by atoms with van der Waals surface area (Å²) in [6.07, 6.45) is 9.63. The number of carboxylic acid groups (broad SMARTS) is 2. The third-order valence-electron chi connectivity index (χ3n) is 8.67. The molecular formula is C42H61NO12. The molecule has 0 radical (unpaired) electrons. The van der Waals surface area contributed by atoms with E-state index in [1.807, 2.05) is 0 Å². The van der Waals surface area contributed by atoms with Crippen LogP contribution in [0.25, 0.3) is 0 Å². The van der Waals surface area contributed by atoms with Gasteiger partial charge in [0.05, 0.1) is 17.8 Å². The Morgan fingerprint density at radius 1 is 0.873 bits per heavy atom. The number of unbranched alkanes of at least 4 members (excludes halogenated alkanes) is 8. The topological polar surface area (TPSA) is 203 Å². The lowest BCUT2D eigenvalue weighted by atomic mass is 9.82. The number of amides is 1. The molecule has 1 amide bonds. The van der Waals surface area contributed by atoms with Gasteiger partial charge in [-0.05, 0) is 71.1 Å². The minimum Gasteiger partial charge on any atom is -0.481 e. The molecule has 0 saturated carbocycles. The van der Waals surface area contributed by atoms with E-state index in [1.165, 1.54) is 19.4 Å². The second-order valence-electron chi connectivity index (χ2n) is 14.6. The Labute approximate surface area is 325 Å². The second-order valence-corrected chi connectivity index (χ2v) is 14.6. The van der Waals surface area contributed by atoms with Gasteiger partial charge < -0.3 is 34.8 Å². The average Bonchev–Trinajstić information content (AvgIpc) is 3.10. The Hall–Kier alpha value is -4.70. The Kier molecular flexibility index (Phi) is 22.3. The smallest absolute Gasteiger partial charge is 0.337 e. The van der Waals surface area contributed by atoms with E-state index in [1.54, 1.807) is 52.0 Å². The van der Waals surface area contributed by atoms with Gasteiger partial charge in [0.2, 0.25) is 12.2 Å². The van der Waals surface area contributed by atoms with Crippen LogP contribution in [-0.4, -0.2) is 75.4 Å². The molecule has 0 aliphatic rings. The third-order valence-corrected chi connectivity index (χ3v) is 8.67. The number of rotatable bonds is 27. The molecule has 13 nitrogen and oxygen atoms in total. The summed E-state index contributed by atoms with van der Waals surface area (Å²) in [7, 11) is 0. The molecule has 0 bridgehead atoms. The Morgan fingerprint density at radius 2 is 1.47 bits per heavy atom. The number of esters is 2. The number of aliphatic carboxylic acids is 2. The van der Waals surface area contributed by atoms with Crippen molar-refractivity contribution >= 4 is 35.6 Å². The van der Waals surface area contributed by atoms with Crippen LogP contribution < -0.4 is 10.1 Å². The number of benzene rings is 1. The van der Waals surface area contributed by atoms with E-state index in [2.05, 4.69) is 24.1 Å². The fourth-order valence-corrected chi connectivity index (χ4v) is 5.43. The molecule has 0 spiro atoms. The van der Waals surface area contributed by atoms with Gasteiger partial charge in [-0.2, -0.15) is 0 Å². The van der Waals surface area contributed by atoms with Gasteiger partial charge in [0, 0.05) is 26.2 Å². The molecule has 306 valence electrons. The number of hydrogen-bond donors (Lipinski definition) is 4. The number of carbonyl (C=O) groups is 6. The van der Waals surface area contributed by atoms with E-state index >= 15 is 0 Å². The zero-order valence-electron chi connectivity index (χ0n) is 33.3. The summed E-state index contributed by atoms with van der Waals surface area (Å²) in [5.74, 6) is -2.13. The highest BCUT2D eigenvalue weighted by atomic mass is 16.7. The summed E-state index contributed by atoms with van der Waals surface area (Å²) in [5, 5.41) is 33.1. The highest BCUT2D eigenvalue weighted by molar-refractivity contribution is 5.95. The molecule has 0 saturated heterocycles. The molecule has 1 unspecified atom stereocenters. The van der Waals surface area contributed by atoms with Gasteiger partial charge in [0.1, 0.15) is 24.2 Å². The molecule has 0 heterocycles. The molecule has 55 heavy (non-hydrogen) atoms. The van der Waals surface area contributed by atoms with Gasteiger partial charge in [0.15, 0.2) is 5.60 Å². The molecule has 0 aliphatic carbocycles. The number of ether oxygens (including phenoxy) is 3. The van der Waals surface area contributed by atoms with Crippen molar-refractivity contribution in [3.8, 4) is 17.6 Å². The highest BCUT2D eigenvalue weighted by Crippen LogP contribution is 2.26. The lowest BCUT2D eigenvalue weighted by Gasteiger charge is -2.30. The van der Waals surface area contributed by atoms with E-state index in [9.17, 15) is 44.1 Å². The number of carbonyl (C=O) groups excluding carboxylic acids is 4. The predicted octanol–water partition coefficient (Wildman–Crippen LogP) is 6.33. The summed E-state index contributed by atoms with van der Waals surface area (Å²) in [5.41, 5.74) is -3.46. The molecule has 4 atom stereocenters. The Balaban J connectivity index is 3.17. The average molecular weight is 772 g/mol. The number of nitrogens with one attached hydrogen (secondary N) is 1. The van der Waals surface area contributed by atoms with Gasteiger partial charge in [-0.3, -0.25) is 19.2 Å². The van der Waals surface area contributed by atoms with Crippen molar-refractivity contribution in [3.05, 3.63) is 42.0 Å². The number of aliphatic hydroxyl groups is 1. The van der Waals surface area contributed by atoms with E-state index in [4.69, 9.17) is 14.2 Å². The van der Waals surface area contributed by atoms with Gasteiger partial charge in [-0.25, -0.2) is 9.59 Å². The number of hydrogen-bond acceptors (Lipinski definition) is 10. The maximum absolute atomic E-state index is 13.8. The number of carboxylic acids is 2. The van der Waals surface area contributed by atoms with Crippen LogP contribution in [-0.2, 0) is 44.7 Å². The molecule has 0 aromatic heterocycles. The summed E-state index contributed by atoms with van der Waals surface area (Å²) < 4.78 is 16.1. The first-order valence-corrected chi connectivity index (χ1v) is 19.1. The zero-order valence-corrected chi connectivity index (χ0v) is 33.3. The van der Waals surface area contributed by atoms with Crippen molar-refractivity contribution < 1.29 is 58.3 Å². The minimum atomic E-state index is -3.08. The summed E-state index contributed by atoms with van der Waals surface area (Å²) >= 11 is 0. The molecule has 1 rings (SSSR count). The SMILES string of the molecule is CC#CCOc1ccc(C[C@H](NC(=O)[C@@H](/C=C/CCCCCCC(=O)CCCCCCC)[C@@](O)(CC(=O)O)C(=O)O)C(=O)OC(C)OC(=O)C(C)(C)C)cc1. The van der Waals surface area contributed by atoms with Crippen molar-refractivity contribution in [1.29, 1.82) is 0 Å².